The maximum absolute atomic E-state index is 13.3. The van der Waals surface area contributed by atoms with E-state index in [2.05, 4.69) is 21.2 Å². The SMILES string of the molecule is CNCC1CN(C(=O)c2cc(F)cc(Br)c2)CCO1. The van der Waals surface area contributed by atoms with Crippen LogP contribution < -0.4 is 5.32 Å². The van der Waals surface area contributed by atoms with Gasteiger partial charge in [0, 0.05) is 29.7 Å². The topological polar surface area (TPSA) is 41.6 Å². The molecule has 0 aromatic heterocycles. The van der Waals surface area contributed by atoms with Crippen molar-refractivity contribution in [2.45, 2.75) is 6.10 Å². The molecule has 1 aliphatic heterocycles. The molecular weight excluding hydrogens is 315 g/mol. The van der Waals surface area contributed by atoms with Crippen LogP contribution in [0.3, 0.4) is 0 Å². The number of nitrogens with one attached hydrogen (secondary N) is 1. The number of hydrogen-bond acceptors (Lipinski definition) is 3. The van der Waals surface area contributed by atoms with Crippen LogP contribution in [-0.4, -0.2) is 50.2 Å². The average Bonchev–Trinajstić information content (AvgIpc) is 2.37. The summed E-state index contributed by atoms with van der Waals surface area (Å²) in [4.78, 5) is 14.0. The van der Waals surface area contributed by atoms with E-state index in [-0.39, 0.29) is 12.0 Å². The predicted molar refractivity (Wildman–Crippen MR) is 73.7 cm³/mol. The van der Waals surface area contributed by atoms with Crippen LogP contribution >= 0.6 is 15.9 Å². The highest BCUT2D eigenvalue weighted by molar-refractivity contribution is 9.10. The number of rotatable bonds is 3. The molecule has 0 radical (unpaired) electrons. The van der Waals surface area contributed by atoms with Gasteiger partial charge in [-0.15, -0.1) is 0 Å². The lowest BCUT2D eigenvalue weighted by molar-refractivity contribution is -0.0196. The van der Waals surface area contributed by atoms with Gasteiger partial charge in [-0.3, -0.25) is 4.79 Å². The summed E-state index contributed by atoms with van der Waals surface area (Å²) < 4.78 is 19.4. The van der Waals surface area contributed by atoms with Crippen molar-refractivity contribution >= 4 is 21.8 Å². The van der Waals surface area contributed by atoms with Gasteiger partial charge in [-0.1, -0.05) is 15.9 Å². The molecule has 1 amide bonds. The van der Waals surface area contributed by atoms with Crippen LogP contribution in [0.1, 0.15) is 10.4 Å². The Balaban J connectivity index is 2.10. The summed E-state index contributed by atoms with van der Waals surface area (Å²) in [6.45, 7) is 2.26. The molecule has 104 valence electrons. The molecule has 0 bridgehead atoms. The van der Waals surface area contributed by atoms with E-state index in [4.69, 9.17) is 4.74 Å². The van der Waals surface area contributed by atoms with Crippen LogP contribution in [0.15, 0.2) is 22.7 Å². The Morgan fingerprint density at radius 1 is 1.58 bits per heavy atom. The molecule has 6 heteroatoms. The number of ether oxygens (including phenoxy) is 1. The number of amides is 1. The van der Waals surface area contributed by atoms with Crippen molar-refractivity contribution < 1.29 is 13.9 Å². The summed E-state index contributed by atoms with van der Waals surface area (Å²) in [5, 5.41) is 3.02. The van der Waals surface area contributed by atoms with E-state index >= 15 is 0 Å². The Labute approximate surface area is 120 Å². The molecule has 1 aromatic rings. The summed E-state index contributed by atoms with van der Waals surface area (Å²) in [5.41, 5.74) is 0.358. The fraction of sp³-hybridized carbons (Fsp3) is 0.462. The van der Waals surface area contributed by atoms with Crippen molar-refractivity contribution in [1.29, 1.82) is 0 Å². The van der Waals surface area contributed by atoms with Crippen molar-refractivity contribution in [3.8, 4) is 0 Å². The van der Waals surface area contributed by atoms with E-state index in [0.717, 1.165) is 0 Å². The third-order valence-electron chi connectivity index (χ3n) is 2.97. The Bertz CT molecular complexity index is 448. The van der Waals surface area contributed by atoms with Gasteiger partial charge in [-0.25, -0.2) is 4.39 Å². The van der Waals surface area contributed by atoms with Crippen molar-refractivity contribution in [1.82, 2.24) is 10.2 Å². The summed E-state index contributed by atoms with van der Waals surface area (Å²) in [5.74, 6) is -0.581. The predicted octanol–water partition coefficient (Wildman–Crippen LogP) is 1.65. The van der Waals surface area contributed by atoms with Crippen LogP contribution in [0.25, 0.3) is 0 Å². The van der Waals surface area contributed by atoms with Crippen molar-refractivity contribution in [3.05, 3.63) is 34.1 Å². The van der Waals surface area contributed by atoms with Crippen molar-refractivity contribution in [2.75, 3.05) is 33.3 Å². The Kier molecular flexibility index (Phi) is 4.90. The molecule has 1 N–H and O–H groups in total. The summed E-state index contributed by atoms with van der Waals surface area (Å²) in [7, 11) is 1.84. The molecule has 1 aliphatic rings. The zero-order valence-corrected chi connectivity index (χ0v) is 12.2. The standard InChI is InChI=1S/C13H16BrFN2O2/c1-16-7-12-8-17(2-3-19-12)13(18)9-4-10(14)6-11(15)5-9/h4-6,12,16H,2-3,7-8H2,1H3. The van der Waals surface area contributed by atoms with E-state index in [1.54, 1.807) is 11.0 Å². The minimum Gasteiger partial charge on any atom is -0.373 e. The van der Waals surface area contributed by atoms with Crippen LogP contribution in [0.5, 0.6) is 0 Å². The monoisotopic (exact) mass is 330 g/mol. The van der Waals surface area contributed by atoms with Crippen molar-refractivity contribution in [2.24, 2.45) is 0 Å². The third kappa shape index (κ3) is 3.75. The minimum absolute atomic E-state index is 0.0142. The maximum Gasteiger partial charge on any atom is 0.254 e. The second-order valence-corrected chi connectivity index (χ2v) is 5.38. The van der Waals surface area contributed by atoms with Gasteiger partial charge in [0.2, 0.25) is 0 Å². The lowest BCUT2D eigenvalue weighted by atomic mass is 10.1. The Morgan fingerprint density at radius 3 is 3.05 bits per heavy atom. The summed E-state index contributed by atoms with van der Waals surface area (Å²) in [6, 6.07) is 4.23. The second-order valence-electron chi connectivity index (χ2n) is 4.46. The number of carbonyl (C=O) groups is 1. The first kappa shape index (κ1) is 14.4. The smallest absolute Gasteiger partial charge is 0.254 e. The highest BCUT2D eigenvalue weighted by Crippen LogP contribution is 2.17. The van der Waals surface area contributed by atoms with Gasteiger partial charge in [0.1, 0.15) is 5.82 Å². The quantitative estimate of drug-likeness (QED) is 0.916. The molecule has 19 heavy (non-hydrogen) atoms. The second kappa shape index (κ2) is 6.45. The van der Waals surface area contributed by atoms with E-state index in [1.807, 2.05) is 7.05 Å². The lowest BCUT2D eigenvalue weighted by Gasteiger charge is -2.33. The van der Waals surface area contributed by atoms with Gasteiger partial charge in [0.25, 0.3) is 5.91 Å². The lowest BCUT2D eigenvalue weighted by Crippen LogP contribution is -2.48. The van der Waals surface area contributed by atoms with Gasteiger partial charge in [0.15, 0.2) is 0 Å². The molecule has 1 atom stereocenters. The first-order valence-electron chi connectivity index (χ1n) is 6.11. The number of carbonyl (C=O) groups excluding carboxylic acids is 1. The normalized spacial score (nSPS) is 19.5. The number of benzene rings is 1. The molecule has 1 unspecified atom stereocenters. The van der Waals surface area contributed by atoms with Gasteiger partial charge in [-0.2, -0.15) is 0 Å². The van der Waals surface area contributed by atoms with Crippen molar-refractivity contribution in [3.63, 3.8) is 0 Å². The number of halogens is 2. The zero-order chi connectivity index (χ0) is 13.8. The van der Waals surface area contributed by atoms with Gasteiger partial charge in [-0.05, 0) is 25.2 Å². The van der Waals surface area contributed by atoms with E-state index in [0.29, 0.717) is 36.3 Å². The van der Waals surface area contributed by atoms with E-state index in [1.165, 1.54) is 12.1 Å². The first-order valence-corrected chi connectivity index (χ1v) is 6.91. The summed E-state index contributed by atoms with van der Waals surface area (Å²) in [6.07, 6.45) is -0.0142. The van der Waals surface area contributed by atoms with Crippen LogP contribution in [-0.2, 0) is 4.74 Å². The van der Waals surface area contributed by atoms with Crippen LogP contribution in [0.4, 0.5) is 4.39 Å². The third-order valence-corrected chi connectivity index (χ3v) is 3.43. The molecule has 0 saturated carbocycles. The number of likely N-dealkylation sites (N-methyl/N-ethyl adjacent to an activating group) is 1. The molecular formula is C13H16BrFN2O2. The summed E-state index contributed by atoms with van der Waals surface area (Å²) >= 11 is 3.20. The molecule has 1 fully saturated rings. The van der Waals surface area contributed by atoms with Gasteiger partial charge in [0.05, 0.1) is 12.7 Å². The first-order chi connectivity index (χ1) is 9.10. The van der Waals surface area contributed by atoms with E-state index < -0.39 is 5.82 Å². The largest absolute Gasteiger partial charge is 0.373 e. The molecule has 1 heterocycles. The van der Waals surface area contributed by atoms with Crippen LogP contribution in [0.2, 0.25) is 0 Å². The molecule has 0 aliphatic carbocycles. The Morgan fingerprint density at radius 2 is 2.37 bits per heavy atom. The highest BCUT2D eigenvalue weighted by atomic mass is 79.9. The average molecular weight is 331 g/mol. The maximum atomic E-state index is 13.3. The van der Waals surface area contributed by atoms with Crippen LogP contribution in [0, 0.1) is 5.82 Å². The molecule has 4 nitrogen and oxygen atoms in total. The fourth-order valence-electron chi connectivity index (χ4n) is 2.11. The molecule has 1 saturated heterocycles. The fourth-order valence-corrected chi connectivity index (χ4v) is 2.58. The van der Waals surface area contributed by atoms with Gasteiger partial charge < -0.3 is 15.0 Å². The molecule has 0 spiro atoms. The number of morpholine rings is 1. The van der Waals surface area contributed by atoms with Gasteiger partial charge >= 0.3 is 0 Å². The molecule has 1 aromatic carbocycles. The Hall–Kier alpha value is -0.980. The number of nitrogens with zero attached hydrogens (tertiary/aromatic N) is 1. The minimum atomic E-state index is -0.419. The van der Waals surface area contributed by atoms with E-state index in [9.17, 15) is 9.18 Å². The highest BCUT2D eigenvalue weighted by Gasteiger charge is 2.25. The molecule has 2 rings (SSSR count). The number of hydrogen-bond donors (Lipinski definition) is 1. The zero-order valence-electron chi connectivity index (χ0n) is 10.7.